The molecule has 2 heterocycles. The van der Waals surface area contributed by atoms with Crippen LogP contribution >= 0.6 is 0 Å². The maximum atomic E-state index is 10.8. The Morgan fingerprint density at radius 1 is 1.33 bits per heavy atom. The lowest BCUT2D eigenvalue weighted by molar-refractivity contribution is -0.0840. The Labute approximate surface area is 90.5 Å². The van der Waals surface area contributed by atoms with Gasteiger partial charge in [-0.3, -0.25) is 4.98 Å². The van der Waals surface area contributed by atoms with Gasteiger partial charge in [0.1, 0.15) is 5.60 Å². The lowest BCUT2D eigenvalue weighted by atomic mass is 9.73. The molecule has 1 aliphatic heterocycles. The van der Waals surface area contributed by atoms with E-state index < -0.39 is 5.60 Å². The third-order valence-electron chi connectivity index (χ3n) is 3.48. The third-order valence-corrected chi connectivity index (χ3v) is 3.48. The number of nitrogens with one attached hydrogen (secondary N) is 1. The number of nitrogens with zero attached hydrogens (tertiary/aromatic N) is 1. The van der Waals surface area contributed by atoms with Crippen molar-refractivity contribution in [2.24, 2.45) is 11.8 Å². The number of hydrogen-bond donors (Lipinski definition) is 2. The zero-order valence-electron chi connectivity index (χ0n) is 9.27. The Balaban J connectivity index is 2.38. The van der Waals surface area contributed by atoms with Crippen LogP contribution in [0.2, 0.25) is 0 Å². The summed E-state index contributed by atoms with van der Waals surface area (Å²) < 4.78 is 0. The molecule has 1 fully saturated rings. The molecule has 3 heteroatoms. The van der Waals surface area contributed by atoms with Crippen LogP contribution in [0, 0.1) is 11.8 Å². The zero-order valence-corrected chi connectivity index (χ0v) is 9.27. The average molecular weight is 206 g/mol. The topological polar surface area (TPSA) is 45.1 Å². The summed E-state index contributed by atoms with van der Waals surface area (Å²) in [4.78, 5) is 4.30. The van der Waals surface area contributed by atoms with Crippen LogP contribution in [0.1, 0.15) is 19.5 Å². The molecule has 2 unspecified atom stereocenters. The standard InChI is InChI=1S/C12H18N2O/c1-9-7-13-8-10(2)12(9,15)11-5-3-4-6-14-11/h3-6,9-10,13,15H,7-8H2,1-2H3. The molecular formula is C12H18N2O. The van der Waals surface area contributed by atoms with Crippen LogP contribution in [-0.2, 0) is 5.60 Å². The van der Waals surface area contributed by atoms with Gasteiger partial charge in [0.25, 0.3) is 0 Å². The summed E-state index contributed by atoms with van der Waals surface area (Å²) in [5.74, 6) is 0.382. The van der Waals surface area contributed by atoms with Crippen LogP contribution < -0.4 is 5.32 Å². The molecule has 0 spiro atoms. The van der Waals surface area contributed by atoms with Crippen molar-refractivity contribution in [3.63, 3.8) is 0 Å². The molecule has 0 radical (unpaired) electrons. The molecule has 82 valence electrons. The molecule has 1 aliphatic rings. The predicted molar refractivity (Wildman–Crippen MR) is 59.3 cm³/mol. The van der Waals surface area contributed by atoms with E-state index in [1.807, 2.05) is 18.2 Å². The highest BCUT2D eigenvalue weighted by atomic mass is 16.3. The first-order valence-corrected chi connectivity index (χ1v) is 5.50. The van der Waals surface area contributed by atoms with Gasteiger partial charge in [-0.15, -0.1) is 0 Å². The van der Waals surface area contributed by atoms with Gasteiger partial charge >= 0.3 is 0 Å². The lowest BCUT2D eigenvalue weighted by Crippen LogP contribution is -2.53. The average Bonchev–Trinajstić information content (AvgIpc) is 2.27. The second-order valence-electron chi connectivity index (χ2n) is 4.50. The number of aliphatic hydroxyl groups is 1. The summed E-state index contributed by atoms with van der Waals surface area (Å²) >= 11 is 0. The van der Waals surface area contributed by atoms with E-state index in [-0.39, 0.29) is 11.8 Å². The first kappa shape index (κ1) is 10.6. The molecule has 1 aromatic rings. The van der Waals surface area contributed by atoms with Crippen molar-refractivity contribution in [3.8, 4) is 0 Å². The first-order valence-electron chi connectivity index (χ1n) is 5.50. The molecule has 2 atom stereocenters. The Morgan fingerprint density at radius 3 is 2.53 bits per heavy atom. The van der Waals surface area contributed by atoms with Gasteiger partial charge in [0.05, 0.1) is 5.69 Å². The molecule has 0 aliphatic carbocycles. The van der Waals surface area contributed by atoms with Crippen LogP contribution in [0.25, 0.3) is 0 Å². The Hall–Kier alpha value is -0.930. The quantitative estimate of drug-likeness (QED) is 0.724. The predicted octanol–water partition coefficient (Wildman–Crippen LogP) is 1.14. The fourth-order valence-electron chi connectivity index (χ4n) is 2.42. The summed E-state index contributed by atoms with van der Waals surface area (Å²) in [6.45, 7) is 5.82. The first-order chi connectivity index (χ1) is 7.15. The highest BCUT2D eigenvalue weighted by Crippen LogP contribution is 2.37. The highest BCUT2D eigenvalue weighted by Gasteiger charge is 2.44. The van der Waals surface area contributed by atoms with Crippen LogP contribution in [0.4, 0.5) is 0 Å². The molecule has 2 N–H and O–H groups in total. The minimum Gasteiger partial charge on any atom is -0.383 e. The molecule has 3 nitrogen and oxygen atoms in total. The normalized spacial score (nSPS) is 36.5. The van der Waals surface area contributed by atoms with Crippen molar-refractivity contribution < 1.29 is 5.11 Å². The molecule has 2 rings (SSSR count). The van der Waals surface area contributed by atoms with Crippen molar-refractivity contribution in [3.05, 3.63) is 30.1 Å². The van der Waals surface area contributed by atoms with Gasteiger partial charge in [-0.1, -0.05) is 19.9 Å². The molecule has 0 bridgehead atoms. The van der Waals surface area contributed by atoms with Crippen LogP contribution in [0.5, 0.6) is 0 Å². The van der Waals surface area contributed by atoms with Crippen molar-refractivity contribution in [1.29, 1.82) is 0 Å². The smallest absolute Gasteiger partial charge is 0.114 e. The number of pyridine rings is 1. The second kappa shape index (κ2) is 3.91. The van der Waals surface area contributed by atoms with Gasteiger partial charge < -0.3 is 10.4 Å². The summed E-state index contributed by atoms with van der Waals surface area (Å²) in [7, 11) is 0. The highest BCUT2D eigenvalue weighted by molar-refractivity contribution is 5.17. The second-order valence-corrected chi connectivity index (χ2v) is 4.50. The Kier molecular flexibility index (Phi) is 2.76. The van der Waals surface area contributed by atoms with E-state index in [2.05, 4.69) is 24.1 Å². The van der Waals surface area contributed by atoms with Gasteiger partial charge in [-0.05, 0) is 12.1 Å². The summed E-state index contributed by atoms with van der Waals surface area (Å²) in [6, 6.07) is 5.73. The lowest BCUT2D eigenvalue weighted by Gasteiger charge is -2.43. The number of hydrogen-bond acceptors (Lipinski definition) is 3. The van der Waals surface area contributed by atoms with Crippen molar-refractivity contribution in [1.82, 2.24) is 10.3 Å². The largest absolute Gasteiger partial charge is 0.383 e. The monoisotopic (exact) mass is 206 g/mol. The van der Waals surface area contributed by atoms with Gasteiger partial charge in [0.2, 0.25) is 0 Å². The summed E-state index contributed by atoms with van der Waals surface area (Å²) in [6.07, 6.45) is 1.74. The Bertz CT molecular complexity index is 316. The molecule has 0 saturated carbocycles. The van der Waals surface area contributed by atoms with Crippen molar-refractivity contribution >= 4 is 0 Å². The maximum Gasteiger partial charge on any atom is 0.114 e. The summed E-state index contributed by atoms with van der Waals surface area (Å²) in [5, 5.41) is 14.1. The minimum atomic E-state index is -0.785. The Morgan fingerprint density at radius 2 is 2.00 bits per heavy atom. The van der Waals surface area contributed by atoms with Gasteiger partial charge in [0.15, 0.2) is 0 Å². The van der Waals surface area contributed by atoms with Crippen molar-refractivity contribution in [2.45, 2.75) is 19.4 Å². The molecule has 15 heavy (non-hydrogen) atoms. The third kappa shape index (κ3) is 1.66. The zero-order chi connectivity index (χ0) is 10.9. The molecular weight excluding hydrogens is 188 g/mol. The van der Waals surface area contributed by atoms with E-state index in [1.165, 1.54) is 0 Å². The number of piperidine rings is 1. The van der Waals surface area contributed by atoms with E-state index in [9.17, 15) is 5.11 Å². The van der Waals surface area contributed by atoms with Crippen molar-refractivity contribution in [2.75, 3.05) is 13.1 Å². The van der Waals surface area contributed by atoms with E-state index in [0.717, 1.165) is 18.8 Å². The van der Waals surface area contributed by atoms with Gasteiger partial charge in [0, 0.05) is 31.1 Å². The van der Waals surface area contributed by atoms with Crippen LogP contribution in [0.3, 0.4) is 0 Å². The molecule has 1 aromatic heterocycles. The van der Waals surface area contributed by atoms with E-state index in [0.29, 0.717) is 0 Å². The van der Waals surface area contributed by atoms with E-state index in [4.69, 9.17) is 0 Å². The fourth-order valence-corrected chi connectivity index (χ4v) is 2.42. The molecule has 1 saturated heterocycles. The molecule has 0 amide bonds. The van der Waals surface area contributed by atoms with E-state index in [1.54, 1.807) is 6.20 Å². The van der Waals surface area contributed by atoms with Crippen LogP contribution in [0.15, 0.2) is 24.4 Å². The summed E-state index contributed by atoms with van der Waals surface area (Å²) in [5.41, 5.74) is 0.0125. The SMILES string of the molecule is CC1CNCC(C)C1(O)c1ccccn1. The number of aromatic nitrogens is 1. The number of rotatable bonds is 1. The van der Waals surface area contributed by atoms with Gasteiger partial charge in [-0.25, -0.2) is 0 Å². The minimum absolute atomic E-state index is 0.191. The fraction of sp³-hybridized carbons (Fsp3) is 0.583. The van der Waals surface area contributed by atoms with Gasteiger partial charge in [-0.2, -0.15) is 0 Å². The molecule has 0 aromatic carbocycles. The van der Waals surface area contributed by atoms with E-state index >= 15 is 0 Å². The maximum absolute atomic E-state index is 10.8. The van der Waals surface area contributed by atoms with Crippen LogP contribution in [-0.4, -0.2) is 23.2 Å².